The van der Waals surface area contributed by atoms with Crippen LogP contribution in [-0.4, -0.2) is 28.0 Å². The number of aromatic nitrogens is 3. The Bertz CT molecular complexity index is 690. The molecule has 5 nitrogen and oxygen atoms in total. The van der Waals surface area contributed by atoms with E-state index in [0.29, 0.717) is 0 Å². The molecule has 6 heteroatoms. The first-order chi connectivity index (χ1) is 11.6. The van der Waals surface area contributed by atoms with Crippen LogP contribution in [0.2, 0.25) is 0 Å². The van der Waals surface area contributed by atoms with E-state index in [1.165, 1.54) is 16.1 Å². The number of fused-ring (bicyclic) bond motifs is 1. The van der Waals surface area contributed by atoms with Gasteiger partial charge >= 0.3 is 0 Å². The maximum absolute atomic E-state index is 4.82. The van der Waals surface area contributed by atoms with Gasteiger partial charge in [-0.1, -0.05) is 13.8 Å². The minimum absolute atomic E-state index is 0.210. The van der Waals surface area contributed by atoms with Crippen molar-refractivity contribution in [1.82, 2.24) is 20.3 Å². The topological polar surface area (TPSA) is 62.7 Å². The van der Waals surface area contributed by atoms with E-state index < -0.39 is 0 Å². The molecule has 0 aliphatic carbocycles. The van der Waals surface area contributed by atoms with Gasteiger partial charge in [-0.15, -0.1) is 11.3 Å². The Kier molecular flexibility index (Phi) is 5.46. The summed E-state index contributed by atoms with van der Waals surface area (Å²) in [5.41, 5.74) is 3.62. The van der Waals surface area contributed by atoms with Crippen molar-refractivity contribution in [2.75, 3.05) is 18.4 Å². The van der Waals surface area contributed by atoms with Gasteiger partial charge in [0.05, 0.1) is 17.4 Å². The third-order valence-corrected chi connectivity index (χ3v) is 5.79. The van der Waals surface area contributed by atoms with Gasteiger partial charge in [-0.05, 0) is 33.2 Å². The van der Waals surface area contributed by atoms with Gasteiger partial charge < -0.3 is 10.6 Å². The van der Waals surface area contributed by atoms with Gasteiger partial charge in [0, 0.05) is 29.8 Å². The molecule has 0 saturated carbocycles. The summed E-state index contributed by atoms with van der Waals surface area (Å²) in [5.74, 6) is 1.94. The van der Waals surface area contributed by atoms with E-state index in [-0.39, 0.29) is 6.04 Å². The lowest BCUT2D eigenvalue weighted by molar-refractivity contribution is 0.707. The first-order valence-electron chi connectivity index (χ1n) is 8.92. The van der Waals surface area contributed by atoms with Crippen molar-refractivity contribution in [2.45, 2.75) is 59.4 Å². The minimum atomic E-state index is 0.210. The minimum Gasteiger partial charge on any atom is -0.360 e. The fourth-order valence-electron chi connectivity index (χ4n) is 3.02. The summed E-state index contributed by atoms with van der Waals surface area (Å²) in [5, 5.41) is 8.31. The third kappa shape index (κ3) is 3.59. The molecule has 0 radical (unpaired) electrons. The van der Waals surface area contributed by atoms with Crippen molar-refractivity contribution < 1.29 is 0 Å². The SMILES string of the molecule is CCc1nc2c(c(N[C@H](CC)c3nc(C)c(C)s3)n1)CCNCC2. The van der Waals surface area contributed by atoms with Gasteiger partial charge in [-0.25, -0.2) is 15.0 Å². The lowest BCUT2D eigenvalue weighted by Gasteiger charge is -2.19. The summed E-state index contributed by atoms with van der Waals surface area (Å²) in [6, 6.07) is 0.210. The largest absolute Gasteiger partial charge is 0.360 e. The van der Waals surface area contributed by atoms with Crippen LogP contribution in [0.1, 0.15) is 59.0 Å². The molecule has 0 fully saturated rings. The van der Waals surface area contributed by atoms with E-state index in [9.17, 15) is 0 Å². The highest BCUT2D eigenvalue weighted by Gasteiger charge is 2.21. The molecule has 0 spiro atoms. The first kappa shape index (κ1) is 17.3. The van der Waals surface area contributed by atoms with E-state index in [4.69, 9.17) is 15.0 Å². The molecule has 0 unspecified atom stereocenters. The molecule has 3 heterocycles. The quantitative estimate of drug-likeness (QED) is 0.870. The fraction of sp³-hybridized carbons (Fsp3) is 0.611. The van der Waals surface area contributed by atoms with Crippen LogP contribution in [0.15, 0.2) is 0 Å². The van der Waals surface area contributed by atoms with Crippen molar-refractivity contribution in [3.05, 3.63) is 32.7 Å². The lowest BCUT2D eigenvalue weighted by atomic mass is 10.1. The third-order valence-electron chi connectivity index (χ3n) is 4.61. The number of rotatable bonds is 5. The van der Waals surface area contributed by atoms with Gasteiger partial charge in [0.25, 0.3) is 0 Å². The fourth-order valence-corrected chi connectivity index (χ4v) is 4.08. The lowest BCUT2D eigenvalue weighted by Crippen LogP contribution is -2.17. The van der Waals surface area contributed by atoms with Crippen LogP contribution < -0.4 is 10.6 Å². The normalized spacial score (nSPS) is 15.7. The van der Waals surface area contributed by atoms with Crippen LogP contribution in [0.3, 0.4) is 0 Å². The molecule has 2 aromatic rings. The Hall–Kier alpha value is -1.53. The molecule has 2 N–H and O–H groups in total. The van der Waals surface area contributed by atoms with Gasteiger partial charge in [0.15, 0.2) is 0 Å². The van der Waals surface area contributed by atoms with Gasteiger partial charge in [0.1, 0.15) is 16.6 Å². The maximum Gasteiger partial charge on any atom is 0.133 e. The van der Waals surface area contributed by atoms with Crippen LogP contribution in [-0.2, 0) is 19.3 Å². The molecule has 130 valence electrons. The summed E-state index contributed by atoms with van der Waals surface area (Å²) in [4.78, 5) is 15.6. The zero-order valence-electron chi connectivity index (χ0n) is 15.1. The predicted octanol–water partition coefficient (Wildman–Crippen LogP) is 3.36. The number of thiazole rings is 1. The molecule has 0 bridgehead atoms. The molecule has 0 amide bonds. The molecule has 1 atom stereocenters. The van der Waals surface area contributed by atoms with Crippen LogP contribution >= 0.6 is 11.3 Å². The second kappa shape index (κ2) is 7.57. The molecule has 3 rings (SSSR count). The van der Waals surface area contributed by atoms with E-state index in [0.717, 1.165) is 61.1 Å². The number of anilines is 1. The smallest absolute Gasteiger partial charge is 0.133 e. The van der Waals surface area contributed by atoms with Crippen LogP contribution in [0.4, 0.5) is 5.82 Å². The Morgan fingerprint density at radius 1 is 1.12 bits per heavy atom. The van der Waals surface area contributed by atoms with Crippen molar-refractivity contribution in [3.63, 3.8) is 0 Å². The summed E-state index contributed by atoms with van der Waals surface area (Å²) >= 11 is 1.79. The molecule has 2 aromatic heterocycles. The van der Waals surface area contributed by atoms with E-state index >= 15 is 0 Å². The average Bonchev–Trinajstić information content (AvgIpc) is 2.78. The van der Waals surface area contributed by atoms with E-state index in [1.54, 1.807) is 11.3 Å². The van der Waals surface area contributed by atoms with E-state index in [2.05, 4.69) is 38.3 Å². The Balaban J connectivity index is 1.95. The van der Waals surface area contributed by atoms with Crippen LogP contribution in [0.25, 0.3) is 0 Å². The monoisotopic (exact) mass is 345 g/mol. The molecule has 1 aliphatic rings. The Morgan fingerprint density at radius 2 is 1.92 bits per heavy atom. The molecule has 0 saturated heterocycles. The molecule has 24 heavy (non-hydrogen) atoms. The zero-order chi connectivity index (χ0) is 17.1. The van der Waals surface area contributed by atoms with E-state index in [1.807, 2.05) is 0 Å². The first-order valence-corrected chi connectivity index (χ1v) is 9.73. The Morgan fingerprint density at radius 3 is 2.58 bits per heavy atom. The standard InChI is InChI=1S/C18H27N5S/c1-5-14(18-20-11(3)12(4)24-18)22-17-13-7-9-19-10-8-15(13)21-16(6-2)23-17/h14,19H,5-10H2,1-4H3,(H,21,22,23)/t14-/m1/s1. The summed E-state index contributed by atoms with van der Waals surface area (Å²) in [6.45, 7) is 10.5. The number of hydrogen-bond donors (Lipinski definition) is 2. The molecule has 1 aliphatic heterocycles. The van der Waals surface area contributed by atoms with Crippen molar-refractivity contribution in [3.8, 4) is 0 Å². The van der Waals surface area contributed by atoms with Crippen LogP contribution in [0, 0.1) is 13.8 Å². The van der Waals surface area contributed by atoms with Crippen LogP contribution in [0.5, 0.6) is 0 Å². The Labute approximate surface area is 148 Å². The average molecular weight is 346 g/mol. The second-order valence-corrected chi connectivity index (χ2v) is 7.55. The van der Waals surface area contributed by atoms with Gasteiger partial charge in [0.2, 0.25) is 0 Å². The molecular weight excluding hydrogens is 318 g/mol. The van der Waals surface area contributed by atoms with Gasteiger partial charge in [-0.2, -0.15) is 0 Å². The van der Waals surface area contributed by atoms with Crippen molar-refractivity contribution >= 4 is 17.2 Å². The number of aryl methyl sites for hydroxylation is 3. The van der Waals surface area contributed by atoms with Gasteiger partial charge in [-0.3, -0.25) is 0 Å². The summed E-state index contributed by atoms with van der Waals surface area (Å²) in [7, 11) is 0. The summed E-state index contributed by atoms with van der Waals surface area (Å²) < 4.78 is 0. The molecule has 0 aromatic carbocycles. The highest BCUT2D eigenvalue weighted by molar-refractivity contribution is 7.11. The predicted molar refractivity (Wildman–Crippen MR) is 99.9 cm³/mol. The van der Waals surface area contributed by atoms with Crippen molar-refractivity contribution in [1.29, 1.82) is 0 Å². The maximum atomic E-state index is 4.82. The van der Waals surface area contributed by atoms with Crippen molar-refractivity contribution in [2.24, 2.45) is 0 Å². The zero-order valence-corrected chi connectivity index (χ0v) is 15.9. The highest BCUT2D eigenvalue weighted by Crippen LogP contribution is 2.30. The number of hydrogen-bond acceptors (Lipinski definition) is 6. The number of nitrogens with one attached hydrogen (secondary N) is 2. The molecular formula is C18H27N5S. The highest BCUT2D eigenvalue weighted by atomic mass is 32.1. The summed E-state index contributed by atoms with van der Waals surface area (Å²) in [6.07, 6.45) is 3.81. The second-order valence-electron chi connectivity index (χ2n) is 6.32. The number of nitrogens with zero attached hydrogens (tertiary/aromatic N) is 3.